The standard InChI is InChI=1S/C17H22N6O4S/c1-9(2)18-17(24)27-11-4-3-10(7-11)13-8-15(22-21-13)19-14-6-5-12-16(20-14)28(25,26)23-12/h5-6,8-11,23H,3-4,7H2,1-2H3,(H,18,24)(H2,19,20,21,22)/t10-,11+/m0/s1. The van der Waals surface area contributed by atoms with Gasteiger partial charge >= 0.3 is 6.09 Å². The van der Waals surface area contributed by atoms with Crippen molar-refractivity contribution in [2.45, 2.75) is 56.2 Å². The fraction of sp³-hybridized carbons (Fsp3) is 0.471. The molecule has 1 fully saturated rings. The SMILES string of the molecule is CC(C)NC(=O)O[C@@H]1CC[C@H](c2cc(Nc3ccc4c(n3)S(=O)(=O)N4)n[nH]2)C1. The molecule has 1 amide bonds. The first-order valence-electron chi connectivity index (χ1n) is 9.13. The Bertz CT molecular complexity index is 1000. The lowest BCUT2D eigenvalue weighted by Gasteiger charge is -2.20. The van der Waals surface area contributed by atoms with Gasteiger partial charge < -0.3 is 15.4 Å². The molecule has 1 aliphatic carbocycles. The predicted molar refractivity (Wildman–Crippen MR) is 102 cm³/mol. The van der Waals surface area contributed by atoms with Crippen molar-refractivity contribution in [2.75, 3.05) is 10.0 Å². The molecule has 3 heterocycles. The van der Waals surface area contributed by atoms with Crippen LogP contribution in [0.1, 0.15) is 44.7 Å². The summed E-state index contributed by atoms with van der Waals surface area (Å²) in [6, 6.07) is 5.25. The Balaban J connectivity index is 1.36. The van der Waals surface area contributed by atoms with E-state index in [-0.39, 0.29) is 29.2 Å². The lowest BCUT2D eigenvalue weighted by Crippen LogP contribution is -2.33. The molecule has 0 spiro atoms. The van der Waals surface area contributed by atoms with E-state index in [0.29, 0.717) is 17.3 Å². The zero-order chi connectivity index (χ0) is 19.9. The molecule has 1 aliphatic heterocycles. The van der Waals surface area contributed by atoms with Crippen LogP contribution in [0.5, 0.6) is 0 Å². The van der Waals surface area contributed by atoms with Gasteiger partial charge in [-0.05, 0) is 45.2 Å². The summed E-state index contributed by atoms with van der Waals surface area (Å²) in [7, 11) is -3.46. The summed E-state index contributed by atoms with van der Waals surface area (Å²) < 4.78 is 31.0. The molecule has 2 aromatic heterocycles. The Morgan fingerprint density at radius 2 is 2.11 bits per heavy atom. The van der Waals surface area contributed by atoms with Gasteiger partial charge in [0.2, 0.25) is 5.03 Å². The van der Waals surface area contributed by atoms with Crippen LogP contribution in [-0.4, -0.2) is 41.8 Å². The number of nitrogens with zero attached hydrogens (tertiary/aromatic N) is 2. The van der Waals surface area contributed by atoms with Crippen molar-refractivity contribution in [1.82, 2.24) is 20.5 Å². The quantitative estimate of drug-likeness (QED) is 0.598. The van der Waals surface area contributed by atoms with E-state index in [1.54, 1.807) is 12.1 Å². The molecular weight excluding hydrogens is 384 g/mol. The molecule has 0 radical (unpaired) electrons. The molecule has 2 aliphatic rings. The second-order valence-corrected chi connectivity index (χ2v) is 8.92. The average molecular weight is 406 g/mol. The van der Waals surface area contributed by atoms with Crippen LogP contribution in [0.2, 0.25) is 0 Å². The van der Waals surface area contributed by atoms with Gasteiger partial charge in [0.05, 0.1) is 5.69 Å². The van der Waals surface area contributed by atoms with Crippen LogP contribution < -0.4 is 15.4 Å². The molecule has 0 bridgehead atoms. The van der Waals surface area contributed by atoms with Crippen molar-refractivity contribution in [3.63, 3.8) is 0 Å². The molecule has 2 atom stereocenters. The highest BCUT2D eigenvalue weighted by molar-refractivity contribution is 7.94. The van der Waals surface area contributed by atoms with E-state index in [9.17, 15) is 13.2 Å². The largest absolute Gasteiger partial charge is 0.446 e. The van der Waals surface area contributed by atoms with Crippen molar-refractivity contribution in [1.29, 1.82) is 0 Å². The first-order valence-corrected chi connectivity index (χ1v) is 10.6. The van der Waals surface area contributed by atoms with Crippen molar-refractivity contribution >= 4 is 33.4 Å². The molecule has 11 heteroatoms. The minimum absolute atomic E-state index is 0.0312. The number of carbonyl (C=O) groups excluding carboxylic acids is 1. The number of sulfonamides is 1. The molecule has 0 unspecified atom stereocenters. The molecule has 0 aromatic carbocycles. The zero-order valence-electron chi connectivity index (χ0n) is 15.5. The van der Waals surface area contributed by atoms with Gasteiger partial charge in [0.1, 0.15) is 11.9 Å². The minimum atomic E-state index is -3.46. The van der Waals surface area contributed by atoms with E-state index in [1.165, 1.54) is 0 Å². The number of pyridine rings is 1. The van der Waals surface area contributed by atoms with Crippen LogP contribution >= 0.6 is 0 Å². The van der Waals surface area contributed by atoms with E-state index in [0.717, 1.165) is 25.0 Å². The van der Waals surface area contributed by atoms with Gasteiger partial charge in [-0.3, -0.25) is 9.82 Å². The Hall–Kier alpha value is -2.82. The van der Waals surface area contributed by atoms with Crippen LogP contribution in [0, 0.1) is 0 Å². The highest BCUT2D eigenvalue weighted by Crippen LogP contribution is 2.36. The summed E-state index contributed by atoms with van der Waals surface area (Å²) in [5.74, 6) is 1.17. The van der Waals surface area contributed by atoms with Crippen molar-refractivity contribution < 1.29 is 17.9 Å². The van der Waals surface area contributed by atoms with Gasteiger partial charge in [-0.15, -0.1) is 0 Å². The van der Waals surface area contributed by atoms with Crippen molar-refractivity contribution in [2.24, 2.45) is 0 Å². The maximum absolute atomic E-state index is 11.7. The van der Waals surface area contributed by atoms with Crippen LogP contribution in [0.3, 0.4) is 0 Å². The number of carbonyl (C=O) groups is 1. The summed E-state index contributed by atoms with van der Waals surface area (Å²) >= 11 is 0. The zero-order valence-corrected chi connectivity index (χ0v) is 16.3. The highest BCUT2D eigenvalue weighted by Gasteiger charge is 2.32. The summed E-state index contributed by atoms with van der Waals surface area (Å²) in [5, 5.41) is 13.0. The fourth-order valence-corrected chi connectivity index (χ4v) is 4.46. The molecule has 0 saturated heterocycles. The minimum Gasteiger partial charge on any atom is -0.446 e. The van der Waals surface area contributed by atoms with Gasteiger partial charge in [-0.1, -0.05) is 0 Å². The molecule has 28 heavy (non-hydrogen) atoms. The maximum Gasteiger partial charge on any atom is 0.407 e. The van der Waals surface area contributed by atoms with Gasteiger partial charge in [-0.2, -0.15) is 13.5 Å². The fourth-order valence-electron chi connectivity index (χ4n) is 3.43. The number of amides is 1. The Morgan fingerprint density at radius 1 is 1.29 bits per heavy atom. The summed E-state index contributed by atoms with van der Waals surface area (Å²) in [4.78, 5) is 15.8. The first kappa shape index (κ1) is 18.5. The van der Waals surface area contributed by atoms with E-state index in [4.69, 9.17) is 4.74 Å². The molecule has 4 N–H and O–H groups in total. The van der Waals surface area contributed by atoms with E-state index < -0.39 is 10.0 Å². The average Bonchev–Trinajstić information content (AvgIpc) is 3.24. The molecule has 10 nitrogen and oxygen atoms in total. The van der Waals surface area contributed by atoms with Crippen LogP contribution in [0.4, 0.5) is 22.1 Å². The van der Waals surface area contributed by atoms with E-state index in [1.807, 2.05) is 19.9 Å². The number of aromatic amines is 1. The molecular formula is C17H22N6O4S. The Labute approximate surface area is 162 Å². The third-order valence-electron chi connectivity index (χ3n) is 4.72. The predicted octanol–water partition coefficient (Wildman–Crippen LogP) is 2.43. The molecule has 2 aromatic rings. The summed E-state index contributed by atoms with van der Waals surface area (Å²) in [6.45, 7) is 3.77. The van der Waals surface area contributed by atoms with Crippen molar-refractivity contribution in [3.8, 4) is 0 Å². The molecule has 150 valence electrons. The number of nitrogens with one attached hydrogen (secondary N) is 4. The van der Waals surface area contributed by atoms with Gasteiger partial charge in [-0.25, -0.2) is 9.78 Å². The Morgan fingerprint density at radius 3 is 2.86 bits per heavy atom. The number of aromatic nitrogens is 3. The topological polar surface area (TPSA) is 138 Å². The summed E-state index contributed by atoms with van der Waals surface area (Å²) in [6.07, 6.45) is 1.92. The second-order valence-electron chi connectivity index (χ2n) is 7.32. The number of H-pyrrole nitrogens is 1. The first-order chi connectivity index (χ1) is 13.3. The molecule has 1 saturated carbocycles. The lowest BCUT2D eigenvalue weighted by atomic mass is 10.0. The van der Waals surface area contributed by atoms with E-state index in [2.05, 4.69) is 30.5 Å². The number of hydrogen-bond donors (Lipinski definition) is 4. The van der Waals surface area contributed by atoms with Crippen molar-refractivity contribution in [3.05, 3.63) is 23.9 Å². The van der Waals surface area contributed by atoms with Crippen LogP contribution in [0.25, 0.3) is 0 Å². The van der Waals surface area contributed by atoms with Gasteiger partial charge in [0.15, 0.2) is 5.82 Å². The number of alkyl carbamates (subject to hydrolysis) is 1. The number of fused-ring (bicyclic) bond motifs is 1. The Kier molecular flexibility index (Phi) is 4.61. The van der Waals surface area contributed by atoms with Gasteiger partial charge in [0, 0.05) is 23.7 Å². The smallest absolute Gasteiger partial charge is 0.407 e. The monoisotopic (exact) mass is 406 g/mol. The van der Waals surface area contributed by atoms with Crippen LogP contribution in [0.15, 0.2) is 23.2 Å². The number of rotatable bonds is 5. The van der Waals surface area contributed by atoms with Crippen LogP contribution in [-0.2, 0) is 14.8 Å². The second kappa shape index (κ2) is 6.97. The maximum atomic E-state index is 11.7. The molecule has 4 rings (SSSR count). The normalized spacial score (nSPS) is 22.1. The third kappa shape index (κ3) is 3.75. The number of ether oxygens (including phenoxy) is 1. The number of hydrogen-bond acceptors (Lipinski definition) is 7. The highest BCUT2D eigenvalue weighted by atomic mass is 32.2. The van der Waals surface area contributed by atoms with Gasteiger partial charge in [0.25, 0.3) is 10.0 Å². The third-order valence-corrected chi connectivity index (χ3v) is 6.03. The number of anilines is 3. The summed E-state index contributed by atoms with van der Waals surface area (Å²) in [5.41, 5.74) is 1.43. The lowest BCUT2D eigenvalue weighted by molar-refractivity contribution is 0.0981. The van der Waals surface area contributed by atoms with E-state index >= 15 is 0 Å².